The number of rotatable bonds is 7. The highest BCUT2D eigenvalue weighted by molar-refractivity contribution is 5.92. The normalized spacial score (nSPS) is 14.4. The summed E-state index contributed by atoms with van der Waals surface area (Å²) in [4.78, 5) is 35.7. The number of methoxy groups -OCH3 is 1. The maximum atomic E-state index is 12.0. The van der Waals surface area contributed by atoms with Crippen LogP contribution < -0.4 is 14.8 Å². The number of ether oxygens (including phenoxy) is 4. The number of nitrogens with one attached hydrogen (secondary N) is 1. The Morgan fingerprint density at radius 2 is 1.96 bits per heavy atom. The van der Waals surface area contributed by atoms with Gasteiger partial charge in [-0.1, -0.05) is 20.3 Å². The third-order valence-electron chi connectivity index (χ3n) is 3.93. The highest BCUT2D eigenvalue weighted by Gasteiger charge is 2.27. The van der Waals surface area contributed by atoms with E-state index in [4.69, 9.17) is 14.2 Å². The molecule has 1 aliphatic rings. The average molecular weight is 351 g/mol. The lowest BCUT2D eigenvalue weighted by Crippen LogP contribution is -2.47. The van der Waals surface area contributed by atoms with Crippen molar-refractivity contribution in [2.75, 3.05) is 20.5 Å². The van der Waals surface area contributed by atoms with Crippen molar-refractivity contribution in [1.29, 1.82) is 0 Å². The van der Waals surface area contributed by atoms with Gasteiger partial charge in [0, 0.05) is 0 Å². The summed E-state index contributed by atoms with van der Waals surface area (Å²) >= 11 is 0. The molecule has 1 N–H and O–H groups in total. The van der Waals surface area contributed by atoms with Crippen molar-refractivity contribution in [2.45, 2.75) is 26.3 Å². The van der Waals surface area contributed by atoms with Crippen LogP contribution in [-0.2, 0) is 19.1 Å². The summed E-state index contributed by atoms with van der Waals surface area (Å²) in [6.45, 7) is 3.31. The van der Waals surface area contributed by atoms with E-state index in [0.29, 0.717) is 17.9 Å². The van der Waals surface area contributed by atoms with E-state index in [1.165, 1.54) is 19.2 Å². The molecule has 2 rings (SSSR count). The van der Waals surface area contributed by atoms with Crippen LogP contribution in [0.2, 0.25) is 0 Å². The number of benzene rings is 1. The molecule has 1 amide bonds. The Balaban J connectivity index is 1.90. The summed E-state index contributed by atoms with van der Waals surface area (Å²) in [7, 11) is 1.25. The maximum absolute atomic E-state index is 12.0. The summed E-state index contributed by atoms with van der Waals surface area (Å²) in [6, 6.07) is 3.81. The van der Waals surface area contributed by atoms with Crippen molar-refractivity contribution in [1.82, 2.24) is 5.32 Å². The largest absolute Gasteiger partial charge is 0.467 e. The Bertz CT molecular complexity index is 658. The molecule has 0 fully saturated rings. The zero-order valence-electron chi connectivity index (χ0n) is 14.4. The van der Waals surface area contributed by atoms with E-state index < -0.39 is 30.5 Å². The molecular weight excluding hydrogens is 330 g/mol. The van der Waals surface area contributed by atoms with Gasteiger partial charge in [-0.3, -0.25) is 4.79 Å². The second kappa shape index (κ2) is 8.36. The molecule has 8 heteroatoms. The highest BCUT2D eigenvalue weighted by atomic mass is 16.7. The second-order valence-electron chi connectivity index (χ2n) is 5.60. The van der Waals surface area contributed by atoms with Gasteiger partial charge in [0.2, 0.25) is 6.79 Å². The fourth-order valence-electron chi connectivity index (χ4n) is 2.25. The highest BCUT2D eigenvalue weighted by Crippen LogP contribution is 2.32. The molecule has 1 aromatic carbocycles. The summed E-state index contributed by atoms with van der Waals surface area (Å²) in [6.07, 6.45) is 0.678. The van der Waals surface area contributed by atoms with E-state index >= 15 is 0 Å². The predicted molar refractivity (Wildman–Crippen MR) is 86.2 cm³/mol. The first-order valence-electron chi connectivity index (χ1n) is 7.90. The molecule has 1 aromatic rings. The van der Waals surface area contributed by atoms with E-state index in [1.807, 2.05) is 13.8 Å². The summed E-state index contributed by atoms with van der Waals surface area (Å²) in [5, 5.41) is 2.53. The third-order valence-corrected chi connectivity index (χ3v) is 3.93. The van der Waals surface area contributed by atoms with Crippen LogP contribution in [-0.4, -0.2) is 44.4 Å². The van der Waals surface area contributed by atoms with Crippen LogP contribution in [0.3, 0.4) is 0 Å². The molecule has 0 bridgehead atoms. The fourth-order valence-corrected chi connectivity index (χ4v) is 2.25. The van der Waals surface area contributed by atoms with Crippen molar-refractivity contribution in [3.8, 4) is 11.5 Å². The molecule has 25 heavy (non-hydrogen) atoms. The van der Waals surface area contributed by atoms with Crippen LogP contribution >= 0.6 is 0 Å². The molecule has 0 spiro atoms. The van der Waals surface area contributed by atoms with Crippen LogP contribution in [0.1, 0.15) is 30.6 Å². The molecule has 0 radical (unpaired) electrons. The molecule has 0 aliphatic carbocycles. The lowest BCUT2D eigenvalue weighted by molar-refractivity contribution is -0.147. The number of esters is 2. The molecule has 0 saturated heterocycles. The molecule has 2 atom stereocenters. The molecule has 0 saturated carbocycles. The predicted octanol–water partition coefficient (Wildman–Crippen LogP) is 1.28. The Kier molecular flexibility index (Phi) is 6.21. The zero-order valence-corrected chi connectivity index (χ0v) is 14.4. The molecule has 136 valence electrons. The Morgan fingerprint density at radius 1 is 1.24 bits per heavy atom. The van der Waals surface area contributed by atoms with Crippen LogP contribution in [0.4, 0.5) is 0 Å². The van der Waals surface area contributed by atoms with Gasteiger partial charge in [-0.25, -0.2) is 9.59 Å². The first kappa shape index (κ1) is 18.6. The Morgan fingerprint density at radius 3 is 2.64 bits per heavy atom. The monoisotopic (exact) mass is 351 g/mol. The van der Waals surface area contributed by atoms with E-state index in [1.54, 1.807) is 6.07 Å². The van der Waals surface area contributed by atoms with Gasteiger partial charge in [0.15, 0.2) is 18.1 Å². The molecule has 8 nitrogen and oxygen atoms in total. The van der Waals surface area contributed by atoms with E-state index in [2.05, 4.69) is 10.1 Å². The van der Waals surface area contributed by atoms with E-state index in [-0.39, 0.29) is 18.3 Å². The number of carbonyl (C=O) groups is 3. The first-order chi connectivity index (χ1) is 12.0. The minimum atomic E-state index is -0.785. The number of hydrogen-bond acceptors (Lipinski definition) is 7. The third kappa shape index (κ3) is 4.62. The van der Waals surface area contributed by atoms with Crippen molar-refractivity contribution >= 4 is 17.8 Å². The van der Waals surface area contributed by atoms with Gasteiger partial charge < -0.3 is 24.3 Å². The molecular formula is C17H21NO7. The fraction of sp³-hybridized carbons (Fsp3) is 0.471. The SMILES string of the molecule is CC[C@H](C)[C@H](NC(=O)COC(=O)c1ccc2c(c1)OCO2)C(=O)OC. The zero-order chi connectivity index (χ0) is 18.4. The Labute approximate surface area is 145 Å². The number of amides is 1. The van der Waals surface area contributed by atoms with Crippen LogP contribution in [0, 0.1) is 5.92 Å². The summed E-state index contributed by atoms with van der Waals surface area (Å²) < 4.78 is 20.0. The minimum absolute atomic E-state index is 0.0980. The van der Waals surface area contributed by atoms with Crippen molar-refractivity contribution < 1.29 is 33.3 Å². The van der Waals surface area contributed by atoms with Gasteiger partial charge in [0.25, 0.3) is 5.91 Å². The minimum Gasteiger partial charge on any atom is -0.467 e. The van der Waals surface area contributed by atoms with Crippen LogP contribution in [0.5, 0.6) is 11.5 Å². The molecule has 1 heterocycles. The Hall–Kier alpha value is -2.77. The summed E-state index contributed by atoms with van der Waals surface area (Å²) in [5.41, 5.74) is 0.239. The van der Waals surface area contributed by atoms with Gasteiger partial charge in [0.1, 0.15) is 6.04 Å². The lowest BCUT2D eigenvalue weighted by Gasteiger charge is -2.21. The first-order valence-corrected chi connectivity index (χ1v) is 7.90. The van der Waals surface area contributed by atoms with Gasteiger partial charge in [-0.05, 0) is 24.1 Å². The number of carbonyl (C=O) groups excluding carboxylic acids is 3. The number of fused-ring (bicyclic) bond motifs is 1. The molecule has 1 aliphatic heterocycles. The smallest absolute Gasteiger partial charge is 0.338 e. The topological polar surface area (TPSA) is 100 Å². The van der Waals surface area contributed by atoms with Gasteiger partial charge >= 0.3 is 11.9 Å². The van der Waals surface area contributed by atoms with Crippen molar-refractivity contribution in [3.05, 3.63) is 23.8 Å². The van der Waals surface area contributed by atoms with E-state index in [0.717, 1.165) is 0 Å². The molecule has 0 aromatic heterocycles. The van der Waals surface area contributed by atoms with Gasteiger partial charge in [0.05, 0.1) is 12.7 Å². The van der Waals surface area contributed by atoms with Crippen LogP contribution in [0.15, 0.2) is 18.2 Å². The van der Waals surface area contributed by atoms with Gasteiger partial charge in [-0.15, -0.1) is 0 Å². The maximum Gasteiger partial charge on any atom is 0.338 e. The quantitative estimate of drug-likeness (QED) is 0.739. The standard InChI is InChI=1S/C17H21NO7/c1-4-10(2)15(17(21)22-3)18-14(19)8-23-16(20)11-5-6-12-13(7-11)25-9-24-12/h5-7,10,15H,4,8-9H2,1-3H3,(H,18,19)/t10-,15-/m0/s1. The lowest BCUT2D eigenvalue weighted by atomic mass is 9.99. The van der Waals surface area contributed by atoms with Gasteiger partial charge in [-0.2, -0.15) is 0 Å². The number of hydrogen-bond donors (Lipinski definition) is 1. The van der Waals surface area contributed by atoms with E-state index in [9.17, 15) is 14.4 Å². The van der Waals surface area contributed by atoms with Crippen LogP contribution in [0.25, 0.3) is 0 Å². The average Bonchev–Trinajstić information content (AvgIpc) is 3.10. The molecule has 0 unspecified atom stereocenters. The second-order valence-corrected chi connectivity index (χ2v) is 5.60. The van der Waals surface area contributed by atoms with Crippen molar-refractivity contribution in [2.24, 2.45) is 5.92 Å². The van der Waals surface area contributed by atoms with Crippen molar-refractivity contribution in [3.63, 3.8) is 0 Å². The summed E-state index contributed by atoms with van der Waals surface area (Å²) in [5.74, 6) is -0.910.